The van der Waals surface area contributed by atoms with Crippen LogP contribution in [0.2, 0.25) is 0 Å². The number of anilines is 1. The molecule has 0 spiro atoms. The van der Waals surface area contributed by atoms with Gasteiger partial charge in [-0.2, -0.15) is 4.98 Å². The van der Waals surface area contributed by atoms with Gasteiger partial charge >= 0.3 is 7.60 Å². The van der Waals surface area contributed by atoms with E-state index in [1.807, 2.05) is 30.3 Å². The second-order valence-electron chi connectivity index (χ2n) is 4.67. The molecule has 0 saturated carbocycles. The molecule has 8 heteroatoms. The molecule has 0 unspecified atom stereocenters. The first kappa shape index (κ1) is 14.6. The maximum atomic E-state index is 11.2. The predicted octanol–water partition coefficient (Wildman–Crippen LogP) is 1.91. The van der Waals surface area contributed by atoms with Gasteiger partial charge in [-0.15, -0.1) is 0 Å². The van der Waals surface area contributed by atoms with E-state index in [-0.39, 0.29) is 11.8 Å². The summed E-state index contributed by atoms with van der Waals surface area (Å²) < 4.78 is 21.8. The minimum absolute atomic E-state index is 0.0324. The van der Waals surface area contributed by atoms with Crippen LogP contribution in [0.25, 0.3) is 11.5 Å². The number of rotatable bonds is 4. The van der Waals surface area contributed by atoms with E-state index >= 15 is 0 Å². The third-order valence-electron chi connectivity index (χ3n) is 3.03. The van der Waals surface area contributed by atoms with E-state index in [4.69, 9.17) is 24.4 Å². The second-order valence-corrected chi connectivity index (χ2v) is 6.20. The first-order valence-electron chi connectivity index (χ1n) is 6.39. The number of nitrogens with zero attached hydrogens (tertiary/aromatic N) is 1. The molecule has 7 nitrogen and oxygen atoms in total. The Hall–Kier alpha value is -2.34. The van der Waals surface area contributed by atoms with Crippen molar-refractivity contribution >= 4 is 19.1 Å². The zero-order valence-corrected chi connectivity index (χ0v) is 12.2. The van der Waals surface area contributed by atoms with Gasteiger partial charge in [-0.3, -0.25) is 4.57 Å². The van der Waals surface area contributed by atoms with Crippen LogP contribution >= 0.6 is 7.60 Å². The fraction of sp³-hybridized carbons (Fsp3) is 0.0714. The van der Waals surface area contributed by atoms with E-state index in [1.54, 1.807) is 0 Å². The molecule has 0 amide bonds. The van der Waals surface area contributed by atoms with Gasteiger partial charge in [0, 0.05) is 6.42 Å². The third kappa shape index (κ3) is 2.96. The fourth-order valence-corrected chi connectivity index (χ4v) is 2.56. The third-order valence-corrected chi connectivity index (χ3v) is 3.85. The number of hydrogen-bond donors (Lipinski definition) is 3. The lowest BCUT2D eigenvalue weighted by Crippen LogP contribution is -1.98. The van der Waals surface area contributed by atoms with Gasteiger partial charge in [-0.1, -0.05) is 30.3 Å². The van der Waals surface area contributed by atoms with Crippen LogP contribution < -0.4 is 11.2 Å². The standard InChI is InChI=1S/C14H13N2O5P/c15-14-16-13(10-6-7-12(20-10)22(17,18)19)11(21-14)8-9-4-2-1-3-5-9/h1-7H,8H2,(H2,15,16)(H2,17,18,19). The molecule has 0 atom stereocenters. The molecule has 0 aliphatic rings. The normalized spacial score (nSPS) is 11.7. The highest BCUT2D eigenvalue weighted by Gasteiger charge is 2.24. The molecule has 114 valence electrons. The van der Waals surface area contributed by atoms with Crippen LogP contribution in [0.5, 0.6) is 0 Å². The van der Waals surface area contributed by atoms with Gasteiger partial charge in [0.25, 0.3) is 6.01 Å². The van der Waals surface area contributed by atoms with E-state index in [2.05, 4.69) is 4.98 Å². The van der Waals surface area contributed by atoms with Gasteiger partial charge in [-0.25, -0.2) is 0 Å². The van der Waals surface area contributed by atoms with Crippen molar-refractivity contribution in [2.45, 2.75) is 6.42 Å². The molecule has 1 aromatic carbocycles. The van der Waals surface area contributed by atoms with Gasteiger partial charge in [0.2, 0.25) is 5.50 Å². The summed E-state index contributed by atoms with van der Waals surface area (Å²) in [6, 6.07) is 12.2. The summed E-state index contributed by atoms with van der Waals surface area (Å²) in [7, 11) is -4.45. The summed E-state index contributed by atoms with van der Waals surface area (Å²) in [5, 5.41) is 0. The molecule has 2 heterocycles. The van der Waals surface area contributed by atoms with E-state index < -0.39 is 13.1 Å². The van der Waals surface area contributed by atoms with Crippen molar-refractivity contribution in [1.82, 2.24) is 4.98 Å². The van der Waals surface area contributed by atoms with Crippen molar-refractivity contribution in [1.29, 1.82) is 0 Å². The molecule has 3 rings (SSSR count). The second kappa shape index (κ2) is 5.46. The summed E-state index contributed by atoms with van der Waals surface area (Å²) in [5.74, 6) is 0.667. The zero-order valence-electron chi connectivity index (χ0n) is 11.3. The van der Waals surface area contributed by atoms with Gasteiger partial charge in [-0.05, 0) is 17.7 Å². The molecule has 0 aliphatic carbocycles. The van der Waals surface area contributed by atoms with E-state index in [0.29, 0.717) is 17.9 Å². The molecule has 0 saturated heterocycles. The zero-order chi connectivity index (χ0) is 15.7. The summed E-state index contributed by atoms with van der Waals surface area (Å²) in [5.41, 5.74) is 6.49. The molecular formula is C14H13N2O5P. The Kier molecular flexibility index (Phi) is 3.62. The number of oxazole rings is 1. The fourth-order valence-electron chi connectivity index (χ4n) is 2.08. The van der Waals surface area contributed by atoms with E-state index in [0.717, 1.165) is 5.56 Å². The molecule has 22 heavy (non-hydrogen) atoms. The summed E-state index contributed by atoms with van der Waals surface area (Å²) in [6.07, 6.45) is 0.437. The Balaban J connectivity index is 1.98. The number of nitrogen functional groups attached to an aromatic ring is 1. The number of furan rings is 1. The van der Waals surface area contributed by atoms with Gasteiger partial charge in [0.1, 0.15) is 11.5 Å². The highest BCUT2D eigenvalue weighted by Crippen LogP contribution is 2.36. The molecule has 0 bridgehead atoms. The van der Waals surface area contributed by atoms with Crippen LogP contribution in [0, 0.1) is 0 Å². The van der Waals surface area contributed by atoms with Crippen LogP contribution in [0.4, 0.5) is 6.01 Å². The van der Waals surface area contributed by atoms with Crippen molar-refractivity contribution in [2.75, 3.05) is 5.73 Å². The van der Waals surface area contributed by atoms with E-state index in [9.17, 15) is 4.57 Å². The Morgan fingerprint density at radius 1 is 1.09 bits per heavy atom. The monoisotopic (exact) mass is 320 g/mol. The summed E-state index contributed by atoms with van der Waals surface area (Å²) >= 11 is 0. The topological polar surface area (TPSA) is 123 Å². The Morgan fingerprint density at radius 2 is 1.82 bits per heavy atom. The van der Waals surface area contributed by atoms with Crippen molar-refractivity contribution < 1.29 is 23.2 Å². The molecule has 2 aromatic heterocycles. The number of nitrogens with two attached hydrogens (primary N) is 1. The quantitative estimate of drug-likeness (QED) is 0.627. The molecule has 3 aromatic rings. The van der Waals surface area contributed by atoms with E-state index in [1.165, 1.54) is 12.1 Å². The molecule has 0 fully saturated rings. The predicted molar refractivity (Wildman–Crippen MR) is 79.5 cm³/mol. The first-order chi connectivity index (χ1) is 10.4. The smallest absolute Gasteiger partial charge is 0.391 e. The van der Waals surface area contributed by atoms with Crippen molar-refractivity contribution in [3.8, 4) is 11.5 Å². The number of aromatic nitrogens is 1. The van der Waals surface area contributed by atoms with Crippen molar-refractivity contribution in [3.05, 3.63) is 53.8 Å². The maximum absolute atomic E-state index is 11.2. The highest BCUT2D eigenvalue weighted by atomic mass is 31.2. The molecule has 0 aliphatic heterocycles. The number of hydrogen-bond acceptors (Lipinski definition) is 5. The molecule has 4 N–H and O–H groups in total. The molecular weight excluding hydrogens is 307 g/mol. The van der Waals surface area contributed by atoms with Crippen molar-refractivity contribution in [2.24, 2.45) is 0 Å². The van der Waals surface area contributed by atoms with Gasteiger partial charge in [0.05, 0.1) is 0 Å². The average Bonchev–Trinajstić information content (AvgIpc) is 3.06. The van der Waals surface area contributed by atoms with Crippen LogP contribution in [0.15, 0.2) is 51.3 Å². The Labute approximate surface area is 125 Å². The summed E-state index contributed by atoms with van der Waals surface area (Å²) in [4.78, 5) is 22.3. The lowest BCUT2D eigenvalue weighted by Gasteiger charge is -2.00. The minimum atomic E-state index is -4.45. The lowest BCUT2D eigenvalue weighted by atomic mass is 10.1. The van der Waals surface area contributed by atoms with Crippen LogP contribution in [-0.4, -0.2) is 14.8 Å². The van der Waals surface area contributed by atoms with Crippen LogP contribution in [-0.2, 0) is 11.0 Å². The average molecular weight is 320 g/mol. The maximum Gasteiger partial charge on any atom is 0.391 e. The van der Waals surface area contributed by atoms with Crippen molar-refractivity contribution in [3.63, 3.8) is 0 Å². The Bertz CT molecular complexity index is 834. The number of benzene rings is 1. The van der Waals surface area contributed by atoms with Gasteiger partial charge in [0.15, 0.2) is 5.76 Å². The SMILES string of the molecule is Nc1nc(-c2ccc(P(=O)(O)O)o2)c(Cc2ccccc2)o1. The minimum Gasteiger partial charge on any atom is -0.446 e. The largest absolute Gasteiger partial charge is 0.446 e. The summed E-state index contributed by atoms with van der Waals surface area (Å²) in [6.45, 7) is 0. The highest BCUT2D eigenvalue weighted by molar-refractivity contribution is 7.59. The molecule has 0 radical (unpaired) electrons. The first-order valence-corrected chi connectivity index (χ1v) is 8.00. The Morgan fingerprint density at radius 3 is 2.45 bits per heavy atom. The van der Waals surface area contributed by atoms with Crippen LogP contribution in [0.3, 0.4) is 0 Å². The van der Waals surface area contributed by atoms with Crippen LogP contribution in [0.1, 0.15) is 11.3 Å². The van der Waals surface area contributed by atoms with Gasteiger partial charge < -0.3 is 24.4 Å². The lowest BCUT2D eigenvalue weighted by molar-refractivity contribution is 0.377.